The molecule has 0 radical (unpaired) electrons. The van der Waals surface area contributed by atoms with E-state index in [9.17, 15) is 19.2 Å². The van der Waals surface area contributed by atoms with Crippen LogP contribution in [0.5, 0.6) is 0 Å². The summed E-state index contributed by atoms with van der Waals surface area (Å²) in [4.78, 5) is 52.3. The zero-order valence-corrected chi connectivity index (χ0v) is 24.7. The summed E-state index contributed by atoms with van der Waals surface area (Å²) in [6.07, 6.45) is 4.53. The van der Waals surface area contributed by atoms with Crippen LogP contribution < -0.4 is 10.6 Å². The van der Waals surface area contributed by atoms with E-state index in [1.807, 2.05) is 6.08 Å². The van der Waals surface area contributed by atoms with Crippen molar-refractivity contribution in [2.24, 2.45) is 0 Å². The Morgan fingerprint density at radius 1 is 1.11 bits per heavy atom. The van der Waals surface area contributed by atoms with Crippen LogP contribution in [0.15, 0.2) is 12.7 Å². The molecule has 10 nitrogen and oxygen atoms in total. The number of rotatable bonds is 13. The summed E-state index contributed by atoms with van der Waals surface area (Å²) in [5.41, 5.74) is -0.684. The second-order valence-electron chi connectivity index (χ2n) is 11.7. The first kappa shape index (κ1) is 32.5. The number of amides is 3. The van der Waals surface area contributed by atoms with Gasteiger partial charge in [0.1, 0.15) is 17.7 Å². The smallest absolute Gasteiger partial charge is 0.407 e. The van der Waals surface area contributed by atoms with Crippen molar-refractivity contribution in [2.75, 3.05) is 20.3 Å². The van der Waals surface area contributed by atoms with Crippen molar-refractivity contribution in [3.05, 3.63) is 12.7 Å². The van der Waals surface area contributed by atoms with Gasteiger partial charge >= 0.3 is 18.2 Å². The SMILES string of the molecule is C=CCCCCCC(NC(=O)OCC[Si](C)(C)C)C(=O)N1CC(NC(=O)OC(C)(C)C)CC1C(=O)OC. The monoisotopic (exact) mass is 541 g/mol. The van der Waals surface area contributed by atoms with E-state index < -0.39 is 55.9 Å². The summed E-state index contributed by atoms with van der Waals surface area (Å²) in [5, 5.41) is 5.45. The molecule has 1 aliphatic rings. The Labute approximate surface area is 222 Å². The molecule has 1 aliphatic heterocycles. The average Bonchev–Trinajstić information content (AvgIpc) is 3.18. The standard InChI is InChI=1S/C26H47N3O7Si/c1-9-10-11-12-13-14-20(28-24(32)35-15-16-37(6,7)8)22(30)29-18-19(17-21(29)23(31)34-5)27-25(33)36-26(2,3)4/h9,19-21H,1,10-18H2,2-8H3,(H,27,33)(H,28,32). The highest BCUT2D eigenvalue weighted by Gasteiger charge is 2.43. The van der Waals surface area contributed by atoms with Gasteiger partial charge in [-0.25, -0.2) is 14.4 Å². The van der Waals surface area contributed by atoms with E-state index in [1.54, 1.807) is 20.8 Å². The molecule has 0 aliphatic carbocycles. The number of ether oxygens (including phenoxy) is 3. The summed E-state index contributed by atoms with van der Waals surface area (Å²) in [7, 11) is -0.133. The molecule has 3 unspecified atom stereocenters. The number of esters is 1. The van der Waals surface area contributed by atoms with E-state index >= 15 is 0 Å². The molecule has 0 aromatic heterocycles. The normalized spacial score (nSPS) is 18.5. The van der Waals surface area contributed by atoms with Crippen molar-refractivity contribution in [1.29, 1.82) is 0 Å². The predicted molar refractivity (Wildman–Crippen MR) is 145 cm³/mol. The average molecular weight is 542 g/mol. The molecule has 0 spiro atoms. The number of hydrogen-bond acceptors (Lipinski definition) is 7. The van der Waals surface area contributed by atoms with Crippen molar-refractivity contribution in [3.63, 3.8) is 0 Å². The van der Waals surface area contributed by atoms with E-state index in [0.29, 0.717) is 12.8 Å². The van der Waals surface area contributed by atoms with Crippen LogP contribution in [0.1, 0.15) is 59.3 Å². The maximum atomic E-state index is 13.6. The summed E-state index contributed by atoms with van der Waals surface area (Å²) >= 11 is 0. The number of hydrogen-bond donors (Lipinski definition) is 2. The van der Waals surface area contributed by atoms with Gasteiger partial charge in [0.2, 0.25) is 5.91 Å². The van der Waals surface area contributed by atoms with Crippen LogP contribution in [-0.2, 0) is 23.8 Å². The van der Waals surface area contributed by atoms with E-state index in [1.165, 1.54) is 12.0 Å². The number of likely N-dealkylation sites (tertiary alicyclic amines) is 1. The molecule has 0 aromatic rings. The van der Waals surface area contributed by atoms with Crippen LogP contribution in [0.4, 0.5) is 9.59 Å². The van der Waals surface area contributed by atoms with Crippen LogP contribution in [0, 0.1) is 0 Å². The van der Waals surface area contributed by atoms with Crippen molar-refractivity contribution >= 4 is 32.1 Å². The number of alkyl carbamates (subject to hydrolysis) is 2. The molecule has 2 N–H and O–H groups in total. The van der Waals surface area contributed by atoms with Crippen LogP contribution in [0.3, 0.4) is 0 Å². The van der Waals surface area contributed by atoms with Crippen LogP contribution in [-0.4, -0.2) is 81.0 Å². The zero-order chi connectivity index (χ0) is 28.2. The molecule has 1 rings (SSSR count). The Kier molecular flexibility index (Phi) is 13.2. The number of methoxy groups -OCH3 is 1. The van der Waals surface area contributed by atoms with Gasteiger partial charge in [-0.1, -0.05) is 38.6 Å². The molecule has 0 saturated carbocycles. The largest absolute Gasteiger partial charge is 0.467 e. The van der Waals surface area contributed by atoms with Gasteiger partial charge in [0.25, 0.3) is 0 Å². The number of nitrogens with zero attached hydrogens (tertiary/aromatic N) is 1. The molecule has 1 saturated heterocycles. The first-order chi connectivity index (χ1) is 17.2. The molecule has 0 bridgehead atoms. The van der Waals surface area contributed by atoms with Crippen molar-refractivity contribution in [3.8, 4) is 0 Å². The van der Waals surface area contributed by atoms with Gasteiger partial charge in [-0.05, 0) is 46.1 Å². The highest BCUT2D eigenvalue weighted by Crippen LogP contribution is 2.22. The second kappa shape index (κ2) is 15.0. The maximum Gasteiger partial charge on any atom is 0.407 e. The molecular formula is C26H47N3O7Si. The Morgan fingerprint density at radius 3 is 2.35 bits per heavy atom. The molecule has 3 atom stereocenters. The second-order valence-corrected chi connectivity index (χ2v) is 17.3. The number of unbranched alkanes of at least 4 members (excludes halogenated alkanes) is 3. The molecule has 3 amide bonds. The number of allylic oxidation sites excluding steroid dienone is 1. The minimum atomic E-state index is -1.39. The molecule has 37 heavy (non-hydrogen) atoms. The summed E-state index contributed by atoms with van der Waals surface area (Å²) in [6, 6.07) is -1.43. The van der Waals surface area contributed by atoms with Crippen molar-refractivity contribution in [1.82, 2.24) is 15.5 Å². The Balaban J connectivity index is 2.96. The fourth-order valence-corrected chi connectivity index (χ4v) is 4.64. The lowest BCUT2D eigenvalue weighted by Gasteiger charge is -2.28. The van der Waals surface area contributed by atoms with Crippen molar-refractivity contribution in [2.45, 2.75) is 109 Å². The van der Waals surface area contributed by atoms with Gasteiger partial charge in [-0.3, -0.25) is 4.79 Å². The van der Waals surface area contributed by atoms with Crippen LogP contribution >= 0.6 is 0 Å². The lowest BCUT2D eigenvalue weighted by molar-refractivity contribution is -0.151. The number of carbonyl (C=O) groups is 4. The zero-order valence-electron chi connectivity index (χ0n) is 23.7. The van der Waals surface area contributed by atoms with Gasteiger partial charge in [0.05, 0.1) is 19.8 Å². The first-order valence-corrected chi connectivity index (χ1v) is 16.8. The topological polar surface area (TPSA) is 123 Å². The van der Waals surface area contributed by atoms with Crippen LogP contribution in [0.2, 0.25) is 25.7 Å². The summed E-state index contributed by atoms with van der Waals surface area (Å²) in [5.74, 6) is -0.987. The van der Waals surface area contributed by atoms with Gasteiger partial charge in [-0.15, -0.1) is 6.58 Å². The molecular weight excluding hydrogens is 494 g/mol. The van der Waals surface area contributed by atoms with E-state index in [-0.39, 0.29) is 19.6 Å². The minimum Gasteiger partial charge on any atom is -0.467 e. The Hall–Kier alpha value is -2.56. The van der Waals surface area contributed by atoms with Gasteiger partial charge in [0.15, 0.2) is 0 Å². The fourth-order valence-electron chi connectivity index (χ4n) is 3.92. The number of carbonyl (C=O) groups excluding carboxylic acids is 4. The van der Waals surface area contributed by atoms with Gasteiger partial charge in [0, 0.05) is 21.0 Å². The highest BCUT2D eigenvalue weighted by molar-refractivity contribution is 6.76. The lowest BCUT2D eigenvalue weighted by Crippen LogP contribution is -2.52. The highest BCUT2D eigenvalue weighted by atomic mass is 28.3. The summed E-state index contributed by atoms with van der Waals surface area (Å²) in [6.45, 7) is 15.9. The first-order valence-electron chi connectivity index (χ1n) is 13.1. The molecule has 1 fully saturated rings. The van der Waals surface area contributed by atoms with Crippen LogP contribution in [0.25, 0.3) is 0 Å². The van der Waals surface area contributed by atoms with Gasteiger partial charge < -0.3 is 29.7 Å². The molecule has 212 valence electrons. The van der Waals surface area contributed by atoms with Crippen molar-refractivity contribution < 1.29 is 33.4 Å². The summed E-state index contributed by atoms with van der Waals surface area (Å²) < 4.78 is 15.6. The molecule has 11 heteroatoms. The Bertz CT molecular complexity index is 792. The minimum absolute atomic E-state index is 0.0944. The predicted octanol–water partition coefficient (Wildman–Crippen LogP) is 4.22. The maximum absolute atomic E-state index is 13.6. The third-order valence-corrected chi connectivity index (χ3v) is 7.56. The van der Waals surface area contributed by atoms with E-state index in [0.717, 1.165) is 25.3 Å². The Morgan fingerprint density at radius 2 is 1.78 bits per heavy atom. The van der Waals surface area contributed by atoms with Gasteiger partial charge in [-0.2, -0.15) is 0 Å². The third kappa shape index (κ3) is 13.0. The molecule has 1 heterocycles. The number of nitrogens with one attached hydrogen (secondary N) is 2. The fraction of sp³-hybridized carbons (Fsp3) is 0.769. The van der Waals surface area contributed by atoms with E-state index in [4.69, 9.17) is 14.2 Å². The lowest BCUT2D eigenvalue weighted by atomic mass is 10.1. The van der Waals surface area contributed by atoms with E-state index in [2.05, 4.69) is 36.9 Å². The molecule has 0 aromatic carbocycles. The third-order valence-electron chi connectivity index (χ3n) is 5.85. The quantitative estimate of drug-likeness (QED) is 0.118.